The Morgan fingerprint density at radius 2 is 1.44 bits per heavy atom. The number of unbranched alkanes of at least 4 members (excludes halogenated alkanes) is 8. The van der Waals surface area contributed by atoms with Gasteiger partial charge < -0.3 is 21.2 Å². The summed E-state index contributed by atoms with van der Waals surface area (Å²) in [6.07, 6.45) is 15.6. The summed E-state index contributed by atoms with van der Waals surface area (Å²) in [7, 11) is 0. The van der Waals surface area contributed by atoms with E-state index in [1.54, 1.807) is 0 Å². The van der Waals surface area contributed by atoms with Crippen molar-refractivity contribution in [2.24, 2.45) is 10.7 Å². The van der Waals surface area contributed by atoms with Crippen LogP contribution in [0.4, 0.5) is 0 Å². The van der Waals surface area contributed by atoms with Gasteiger partial charge in [-0.3, -0.25) is 10.4 Å². The Balaban J connectivity index is 1.41. The maximum absolute atomic E-state index is 8.15. The number of hydrogen-bond acceptors (Lipinski definition) is 5. The standard InChI is InChI=1S/C26H43N5O/c27-23(12-8-6-4-2-1-3-5-7-9-14-25(28)29)13-10-21-32-24-17-15-22(16-18-24)26-30-19-11-20-31-26/h15-18,27H,1-14,19-21H2,(H3,28,29)(H,30,31). The zero-order chi connectivity index (χ0) is 22.9. The van der Waals surface area contributed by atoms with Gasteiger partial charge in [0.25, 0.3) is 0 Å². The predicted molar refractivity (Wildman–Crippen MR) is 136 cm³/mol. The lowest BCUT2D eigenvalue weighted by atomic mass is 10.0. The number of benzene rings is 1. The van der Waals surface area contributed by atoms with Gasteiger partial charge in [-0.25, -0.2) is 0 Å². The van der Waals surface area contributed by atoms with Crippen LogP contribution in [0.15, 0.2) is 29.3 Å². The van der Waals surface area contributed by atoms with Gasteiger partial charge in [0, 0.05) is 30.8 Å². The lowest BCUT2D eigenvalue weighted by molar-refractivity contribution is 0.313. The van der Waals surface area contributed by atoms with Crippen molar-refractivity contribution in [2.75, 3.05) is 19.7 Å². The van der Waals surface area contributed by atoms with E-state index >= 15 is 0 Å². The number of amidine groups is 2. The van der Waals surface area contributed by atoms with Gasteiger partial charge in [-0.2, -0.15) is 0 Å². The minimum Gasteiger partial charge on any atom is -0.494 e. The van der Waals surface area contributed by atoms with Crippen molar-refractivity contribution in [3.63, 3.8) is 0 Å². The summed E-state index contributed by atoms with van der Waals surface area (Å²) in [6, 6.07) is 8.13. The van der Waals surface area contributed by atoms with Gasteiger partial charge in [-0.1, -0.05) is 44.9 Å². The molecule has 0 fully saturated rings. The van der Waals surface area contributed by atoms with Crippen LogP contribution in [0.3, 0.4) is 0 Å². The third-order valence-electron chi connectivity index (χ3n) is 5.84. The van der Waals surface area contributed by atoms with Crippen molar-refractivity contribution in [2.45, 2.75) is 89.9 Å². The summed E-state index contributed by atoms with van der Waals surface area (Å²) >= 11 is 0. The van der Waals surface area contributed by atoms with Crippen molar-refractivity contribution >= 4 is 17.4 Å². The fourth-order valence-corrected chi connectivity index (χ4v) is 3.93. The molecule has 0 unspecified atom stereocenters. The van der Waals surface area contributed by atoms with Crippen LogP contribution in [0.2, 0.25) is 0 Å². The Labute approximate surface area is 194 Å². The zero-order valence-corrected chi connectivity index (χ0v) is 19.8. The fourth-order valence-electron chi connectivity index (χ4n) is 3.93. The average Bonchev–Trinajstić information content (AvgIpc) is 2.81. The molecule has 1 aromatic carbocycles. The molecule has 0 aromatic heterocycles. The van der Waals surface area contributed by atoms with E-state index in [4.69, 9.17) is 21.3 Å². The van der Waals surface area contributed by atoms with E-state index in [1.807, 2.05) is 12.1 Å². The summed E-state index contributed by atoms with van der Waals surface area (Å²) in [6.45, 7) is 2.55. The molecule has 32 heavy (non-hydrogen) atoms. The van der Waals surface area contributed by atoms with E-state index in [-0.39, 0.29) is 0 Å². The first-order valence-electron chi connectivity index (χ1n) is 12.6. The second-order valence-corrected chi connectivity index (χ2v) is 8.80. The van der Waals surface area contributed by atoms with Crippen molar-refractivity contribution in [1.82, 2.24) is 5.32 Å². The Hall–Kier alpha value is -2.37. The zero-order valence-electron chi connectivity index (χ0n) is 19.8. The van der Waals surface area contributed by atoms with E-state index in [1.165, 1.54) is 44.9 Å². The third kappa shape index (κ3) is 11.9. The normalized spacial score (nSPS) is 13.3. The Morgan fingerprint density at radius 3 is 2.03 bits per heavy atom. The molecule has 6 heteroatoms. The molecule has 0 aliphatic carbocycles. The van der Waals surface area contributed by atoms with Crippen molar-refractivity contribution in [3.8, 4) is 5.75 Å². The van der Waals surface area contributed by atoms with Crippen LogP contribution in [0.1, 0.15) is 95.5 Å². The fraction of sp³-hybridized carbons (Fsp3) is 0.654. The molecule has 0 saturated heterocycles. The first kappa shape index (κ1) is 25.9. The Kier molecular flexibility index (Phi) is 13.2. The van der Waals surface area contributed by atoms with Crippen LogP contribution < -0.4 is 15.8 Å². The lowest BCUT2D eigenvalue weighted by Gasteiger charge is -2.15. The number of nitrogens with zero attached hydrogens (tertiary/aromatic N) is 1. The van der Waals surface area contributed by atoms with Crippen molar-refractivity contribution in [1.29, 1.82) is 10.8 Å². The number of ether oxygens (including phenoxy) is 1. The predicted octanol–water partition coefficient (Wildman–Crippen LogP) is 5.83. The smallest absolute Gasteiger partial charge is 0.128 e. The molecule has 0 bridgehead atoms. The molecule has 0 radical (unpaired) electrons. The Bertz CT molecular complexity index is 699. The molecule has 1 aromatic rings. The first-order chi connectivity index (χ1) is 15.6. The number of nitrogens with two attached hydrogens (primary N) is 1. The second kappa shape index (κ2) is 16.3. The number of rotatable bonds is 18. The Morgan fingerprint density at radius 1 is 0.844 bits per heavy atom. The summed E-state index contributed by atoms with van der Waals surface area (Å²) in [5.41, 5.74) is 7.34. The van der Waals surface area contributed by atoms with E-state index in [9.17, 15) is 0 Å². The topological polar surface area (TPSA) is 107 Å². The lowest BCUT2D eigenvalue weighted by Crippen LogP contribution is -2.30. The van der Waals surface area contributed by atoms with Crippen LogP contribution in [0.5, 0.6) is 5.75 Å². The summed E-state index contributed by atoms with van der Waals surface area (Å²) in [5, 5.41) is 18.7. The summed E-state index contributed by atoms with van der Waals surface area (Å²) in [5.74, 6) is 2.18. The van der Waals surface area contributed by atoms with Crippen LogP contribution >= 0.6 is 0 Å². The highest BCUT2D eigenvalue weighted by Gasteiger charge is 2.07. The molecule has 1 aliphatic rings. The van der Waals surface area contributed by atoms with Gasteiger partial charge >= 0.3 is 0 Å². The molecule has 2 rings (SSSR count). The van der Waals surface area contributed by atoms with Gasteiger partial charge in [-0.15, -0.1) is 0 Å². The highest BCUT2D eigenvalue weighted by Crippen LogP contribution is 2.15. The molecular formula is C26H43N5O. The minimum atomic E-state index is 0.316. The molecule has 1 heterocycles. The van der Waals surface area contributed by atoms with Crippen molar-refractivity contribution < 1.29 is 4.74 Å². The SMILES string of the molecule is N=C(N)CCCCCCCCCCCC(=N)CCCOc1ccc(C2=NCCCN2)cc1. The molecule has 0 saturated carbocycles. The van der Waals surface area contributed by atoms with E-state index in [0.717, 1.165) is 80.9 Å². The highest BCUT2D eigenvalue weighted by atomic mass is 16.5. The number of aliphatic imine (C=N–C) groups is 1. The summed E-state index contributed by atoms with van der Waals surface area (Å²) in [4.78, 5) is 4.52. The minimum absolute atomic E-state index is 0.316. The van der Waals surface area contributed by atoms with Crippen LogP contribution in [-0.4, -0.2) is 37.1 Å². The maximum Gasteiger partial charge on any atom is 0.128 e. The van der Waals surface area contributed by atoms with Crippen LogP contribution in [0.25, 0.3) is 0 Å². The first-order valence-corrected chi connectivity index (χ1v) is 12.6. The molecular weight excluding hydrogens is 398 g/mol. The van der Waals surface area contributed by atoms with Gasteiger partial charge in [0.05, 0.1) is 12.4 Å². The molecule has 0 spiro atoms. The number of nitrogens with one attached hydrogen (secondary N) is 3. The largest absolute Gasteiger partial charge is 0.494 e. The quantitative estimate of drug-likeness (QED) is 0.131. The number of hydrogen-bond donors (Lipinski definition) is 4. The van der Waals surface area contributed by atoms with Gasteiger partial charge in [-0.05, 0) is 62.8 Å². The molecule has 5 N–H and O–H groups in total. The third-order valence-corrected chi connectivity index (χ3v) is 5.84. The van der Waals surface area contributed by atoms with Crippen LogP contribution in [-0.2, 0) is 0 Å². The van der Waals surface area contributed by atoms with Gasteiger partial charge in [0.2, 0.25) is 0 Å². The average molecular weight is 442 g/mol. The van der Waals surface area contributed by atoms with Crippen LogP contribution in [0, 0.1) is 10.8 Å². The highest BCUT2D eigenvalue weighted by molar-refractivity contribution is 5.99. The van der Waals surface area contributed by atoms with Gasteiger partial charge in [0.1, 0.15) is 11.6 Å². The van der Waals surface area contributed by atoms with E-state index < -0.39 is 0 Å². The summed E-state index contributed by atoms with van der Waals surface area (Å²) < 4.78 is 5.84. The van der Waals surface area contributed by atoms with Crippen molar-refractivity contribution in [3.05, 3.63) is 29.8 Å². The monoisotopic (exact) mass is 441 g/mol. The molecule has 6 nitrogen and oxygen atoms in total. The second-order valence-electron chi connectivity index (χ2n) is 8.80. The molecule has 1 aliphatic heterocycles. The van der Waals surface area contributed by atoms with E-state index in [0.29, 0.717) is 12.4 Å². The molecule has 0 atom stereocenters. The van der Waals surface area contributed by atoms with E-state index in [2.05, 4.69) is 22.4 Å². The maximum atomic E-state index is 8.15. The van der Waals surface area contributed by atoms with Gasteiger partial charge in [0.15, 0.2) is 0 Å². The molecule has 0 amide bonds. The molecule has 178 valence electrons.